The molecule has 0 N–H and O–H groups in total. The van der Waals surface area contributed by atoms with Crippen LogP contribution in [0.2, 0.25) is 0 Å². The molecule has 0 saturated heterocycles. The molecule has 0 unspecified atom stereocenters. The molecular formula is C11H10F5NO. The summed E-state index contributed by atoms with van der Waals surface area (Å²) in [7, 11) is 0.908. The van der Waals surface area contributed by atoms with E-state index in [1.54, 1.807) is 0 Å². The van der Waals surface area contributed by atoms with Crippen molar-refractivity contribution >= 4 is 5.91 Å². The first-order chi connectivity index (χ1) is 8.26. The minimum absolute atomic E-state index is 0.0292. The van der Waals surface area contributed by atoms with Crippen molar-refractivity contribution in [2.75, 3.05) is 7.05 Å². The maximum absolute atomic E-state index is 13.2. The summed E-state index contributed by atoms with van der Waals surface area (Å²) < 4.78 is 62.7. The highest BCUT2D eigenvalue weighted by Gasteiger charge is 2.50. The van der Waals surface area contributed by atoms with Gasteiger partial charge in [-0.2, -0.15) is 8.78 Å². The van der Waals surface area contributed by atoms with Crippen molar-refractivity contribution in [3.8, 4) is 0 Å². The molecule has 0 aliphatic carbocycles. The van der Waals surface area contributed by atoms with Gasteiger partial charge in [-0.05, 0) is 6.07 Å². The van der Waals surface area contributed by atoms with Crippen LogP contribution in [0.3, 0.4) is 0 Å². The number of benzene rings is 1. The summed E-state index contributed by atoms with van der Waals surface area (Å²) in [5.74, 6) is -7.50. The summed E-state index contributed by atoms with van der Waals surface area (Å²) in [6.07, 6.45) is -4.09. The fourth-order valence-corrected chi connectivity index (χ4v) is 1.30. The SMILES string of the molecule is CN(Cc1ccccc1F)C(=O)C(F)(F)C(F)F. The normalized spacial score (nSPS) is 11.7. The third-order valence-electron chi connectivity index (χ3n) is 2.27. The summed E-state index contributed by atoms with van der Waals surface area (Å²) in [6.45, 7) is -0.506. The Bertz CT molecular complexity index is 435. The van der Waals surface area contributed by atoms with Crippen LogP contribution in [0, 0.1) is 5.82 Å². The van der Waals surface area contributed by atoms with Crippen molar-refractivity contribution in [1.29, 1.82) is 0 Å². The molecule has 0 radical (unpaired) electrons. The van der Waals surface area contributed by atoms with Crippen LogP contribution >= 0.6 is 0 Å². The molecule has 0 spiro atoms. The van der Waals surface area contributed by atoms with Crippen molar-refractivity contribution in [3.63, 3.8) is 0 Å². The lowest BCUT2D eigenvalue weighted by molar-refractivity contribution is -0.179. The number of hydrogen-bond donors (Lipinski definition) is 0. The maximum Gasteiger partial charge on any atom is 0.383 e. The minimum Gasteiger partial charge on any atom is -0.336 e. The van der Waals surface area contributed by atoms with E-state index < -0.39 is 30.6 Å². The maximum atomic E-state index is 13.2. The van der Waals surface area contributed by atoms with Gasteiger partial charge in [0.15, 0.2) is 0 Å². The molecule has 0 fully saturated rings. The average Bonchev–Trinajstić information content (AvgIpc) is 2.30. The molecule has 0 aliphatic heterocycles. The Morgan fingerprint density at radius 3 is 2.39 bits per heavy atom. The van der Waals surface area contributed by atoms with E-state index in [0.29, 0.717) is 4.90 Å². The molecule has 1 amide bonds. The molecular weight excluding hydrogens is 257 g/mol. The highest BCUT2D eigenvalue weighted by Crippen LogP contribution is 2.25. The number of rotatable bonds is 4. The predicted octanol–water partition coefficient (Wildman–Crippen LogP) is 2.68. The van der Waals surface area contributed by atoms with Gasteiger partial charge in [0.1, 0.15) is 5.82 Å². The van der Waals surface area contributed by atoms with E-state index in [-0.39, 0.29) is 5.56 Å². The fraction of sp³-hybridized carbons (Fsp3) is 0.364. The van der Waals surface area contributed by atoms with Crippen molar-refractivity contribution in [2.45, 2.75) is 18.9 Å². The van der Waals surface area contributed by atoms with Crippen molar-refractivity contribution in [3.05, 3.63) is 35.6 Å². The third kappa shape index (κ3) is 2.96. The number of hydrogen-bond acceptors (Lipinski definition) is 1. The minimum atomic E-state index is -4.76. The monoisotopic (exact) mass is 267 g/mol. The summed E-state index contributed by atoms with van der Waals surface area (Å²) in [6, 6.07) is 5.19. The van der Waals surface area contributed by atoms with E-state index >= 15 is 0 Å². The first kappa shape index (κ1) is 14.4. The first-order valence-electron chi connectivity index (χ1n) is 4.91. The predicted molar refractivity (Wildman–Crippen MR) is 53.8 cm³/mol. The van der Waals surface area contributed by atoms with Gasteiger partial charge in [-0.15, -0.1) is 0 Å². The topological polar surface area (TPSA) is 20.3 Å². The number of amides is 1. The van der Waals surface area contributed by atoms with Crippen LogP contribution in [0.4, 0.5) is 22.0 Å². The van der Waals surface area contributed by atoms with Gasteiger partial charge in [-0.25, -0.2) is 13.2 Å². The van der Waals surface area contributed by atoms with Crippen LogP contribution in [0.1, 0.15) is 5.56 Å². The standard InChI is InChI=1S/C11H10F5NO/c1-17(10(18)11(15,16)9(13)14)6-7-4-2-3-5-8(7)12/h2-5,9H,6H2,1H3. The molecule has 18 heavy (non-hydrogen) atoms. The van der Waals surface area contributed by atoms with Crippen LogP contribution in [-0.2, 0) is 11.3 Å². The van der Waals surface area contributed by atoms with Gasteiger partial charge in [0.2, 0.25) is 0 Å². The van der Waals surface area contributed by atoms with E-state index in [1.165, 1.54) is 18.2 Å². The van der Waals surface area contributed by atoms with Gasteiger partial charge in [-0.3, -0.25) is 4.79 Å². The summed E-state index contributed by atoms with van der Waals surface area (Å²) in [5.41, 5.74) is -0.0292. The molecule has 2 nitrogen and oxygen atoms in total. The zero-order valence-electron chi connectivity index (χ0n) is 9.34. The van der Waals surface area contributed by atoms with Gasteiger partial charge in [0, 0.05) is 19.2 Å². The molecule has 1 aromatic rings. The largest absolute Gasteiger partial charge is 0.383 e. The van der Waals surface area contributed by atoms with Gasteiger partial charge >= 0.3 is 12.3 Å². The van der Waals surface area contributed by atoms with Gasteiger partial charge in [0.05, 0.1) is 0 Å². The zero-order chi connectivity index (χ0) is 13.9. The summed E-state index contributed by atoms with van der Waals surface area (Å²) in [4.78, 5) is 11.5. The van der Waals surface area contributed by atoms with Gasteiger partial charge in [-0.1, -0.05) is 18.2 Å². The Morgan fingerprint density at radius 2 is 1.89 bits per heavy atom. The third-order valence-corrected chi connectivity index (χ3v) is 2.27. The van der Waals surface area contributed by atoms with E-state index in [4.69, 9.17) is 0 Å². The Balaban J connectivity index is 2.81. The lowest BCUT2D eigenvalue weighted by atomic mass is 10.2. The fourth-order valence-electron chi connectivity index (χ4n) is 1.30. The summed E-state index contributed by atoms with van der Waals surface area (Å²) in [5, 5.41) is 0. The molecule has 1 aromatic carbocycles. The Kier molecular flexibility index (Phi) is 4.26. The molecule has 0 aliphatic rings. The van der Waals surface area contributed by atoms with Crippen molar-refractivity contribution in [2.24, 2.45) is 0 Å². The van der Waals surface area contributed by atoms with Crippen molar-refractivity contribution in [1.82, 2.24) is 4.90 Å². The second kappa shape index (κ2) is 5.32. The highest BCUT2D eigenvalue weighted by molar-refractivity contribution is 5.83. The Morgan fingerprint density at radius 1 is 1.33 bits per heavy atom. The quantitative estimate of drug-likeness (QED) is 0.768. The number of alkyl halides is 4. The average molecular weight is 267 g/mol. The number of carbonyl (C=O) groups is 1. The molecule has 0 bridgehead atoms. The smallest absolute Gasteiger partial charge is 0.336 e. The molecule has 1 rings (SSSR count). The lowest BCUT2D eigenvalue weighted by Crippen LogP contribution is -2.45. The van der Waals surface area contributed by atoms with Crippen LogP contribution in [-0.4, -0.2) is 30.2 Å². The van der Waals surface area contributed by atoms with Crippen molar-refractivity contribution < 1.29 is 26.7 Å². The highest BCUT2D eigenvalue weighted by atomic mass is 19.3. The second-order valence-electron chi connectivity index (χ2n) is 3.68. The Hall–Kier alpha value is -1.66. The molecule has 7 heteroatoms. The first-order valence-corrected chi connectivity index (χ1v) is 4.91. The second-order valence-corrected chi connectivity index (χ2v) is 3.68. The number of halogens is 5. The zero-order valence-corrected chi connectivity index (χ0v) is 9.34. The van der Waals surface area contributed by atoms with E-state index in [1.807, 2.05) is 0 Å². The summed E-state index contributed by atoms with van der Waals surface area (Å²) >= 11 is 0. The molecule has 0 saturated carbocycles. The Labute approximate surface area is 100 Å². The number of nitrogens with zero attached hydrogens (tertiary/aromatic N) is 1. The number of carbonyl (C=O) groups excluding carboxylic acids is 1. The van der Waals surface area contributed by atoms with Gasteiger partial charge < -0.3 is 4.90 Å². The van der Waals surface area contributed by atoms with Crippen LogP contribution in [0.15, 0.2) is 24.3 Å². The van der Waals surface area contributed by atoms with E-state index in [0.717, 1.165) is 13.1 Å². The van der Waals surface area contributed by atoms with Gasteiger partial charge in [0.25, 0.3) is 5.91 Å². The molecule has 0 aromatic heterocycles. The van der Waals surface area contributed by atoms with Crippen LogP contribution < -0.4 is 0 Å². The molecule has 0 heterocycles. The molecule has 0 atom stereocenters. The lowest BCUT2D eigenvalue weighted by Gasteiger charge is -2.22. The van der Waals surface area contributed by atoms with Crippen LogP contribution in [0.25, 0.3) is 0 Å². The van der Waals surface area contributed by atoms with Crippen LogP contribution in [0.5, 0.6) is 0 Å². The molecule has 100 valence electrons. The van der Waals surface area contributed by atoms with E-state index in [2.05, 4.69) is 0 Å². The van der Waals surface area contributed by atoms with E-state index in [9.17, 15) is 26.7 Å².